The Morgan fingerprint density at radius 2 is 2.00 bits per heavy atom. The van der Waals surface area contributed by atoms with Crippen LogP contribution in [0.4, 0.5) is 0 Å². The summed E-state index contributed by atoms with van der Waals surface area (Å²) in [5.74, 6) is 0.547. The van der Waals surface area contributed by atoms with E-state index in [1.54, 1.807) is 12.5 Å². The summed E-state index contributed by atoms with van der Waals surface area (Å²) < 4.78 is 5.59. The molecule has 8 heteroatoms. The van der Waals surface area contributed by atoms with Crippen molar-refractivity contribution in [1.29, 1.82) is 0 Å². The summed E-state index contributed by atoms with van der Waals surface area (Å²) in [4.78, 5) is 25.4. The van der Waals surface area contributed by atoms with Gasteiger partial charge in [0.05, 0.1) is 11.0 Å². The van der Waals surface area contributed by atoms with E-state index in [4.69, 9.17) is 4.98 Å². The van der Waals surface area contributed by atoms with Gasteiger partial charge >= 0.3 is 0 Å². The summed E-state index contributed by atoms with van der Waals surface area (Å²) in [6, 6.07) is 7.73. The standard InChI is InChI=1S/C17H11N7S/c1-9-3-2-4-11(21-9)16-22-14(15-17(23-16)20-8-19-15)13-10-5-6-18-7-12(10)25-24-13/h2-8H,1H3,(H,19,20,22,23). The molecule has 0 aromatic carbocycles. The minimum Gasteiger partial charge on any atom is -0.329 e. The number of hydrogen-bond acceptors (Lipinski definition) is 7. The molecular weight excluding hydrogens is 334 g/mol. The summed E-state index contributed by atoms with van der Waals surface area (Å²) in [6.45, 7) is 1.94. The monoisotopic (exact) mass is 345 g/mol. The Kier molecular flexibility index (Phi) is 3.04. The van der Waals surface area contributed by atoms with Gasteiger partial charge in [-0.05, 0) is 36.7 Å². The predicted molar refractivity (Wildman–Crippen MR) is 96.1 cm³/mol. The zero-order valence-corrected chi connectivity index (χ0v) is 13.9. The first-order valence-electron chi connectivity index (χ1n) is 7.64. The Morgan fingerprint density at radius 3 is 2.92 bits per heavy atom. The number of pyridine rings is 2. The average molecular weight is 345 g/mol. The molecule has 0 aliphatic rings. The van der Waals surface area contributed by atoms with Crippen molar-refractivity contribution in [3.05, 3.63) is 48.7 Å². The molecule has 5 rings (SSSR count). The quantitative estimate of drug-likeness (QED) is 0.527. The molecule has 0 amide bonds. The predicted octanol–water partition coefficient (Wildman–Crippen LogP) is 3.40. The van der Waals surface area contributed by atoms with Gasteiger partial charge in [-0.2, -0.15) is 4.37 Å². The molecule has 0 aliphatic heterocycles. The van der Waals surface area contributed by atoms with Crippen molar-refractivity contribution in [1.82, 2.24) is 34.3 Å². The van der Waals surface area contributed by atoms with E-state index in [0.717, 1.165) is 27.2 Å². The fourth-order valence-electron chi connectivity index (χ4n) is 2.75. The third-order valence-corrected chi connectivity index (χ3v) is 4.69. The molecule has 0 radical (unpaired) electrons. The van der Waals surface area contributed by atoms with Crippen molar-refractivity contribution in [3.63, 3.8) is 0 Å². The largest absolute Gasteiger partial charge is 0.329 e. The molecule has 5 heterocycles. The van der Waals surface area contributed by atoms with Gasteiger partial charge < -0.3 is 4.98 Å². The Bertz CT molecular complexity index is 1220. The third-order valence-electron chi connectivity index (χ3n) is 3.90. The molecular formula is C17H11N7S. The summed E-state index contributed by atoms with van der Waals surface area (Å²) in [5.41, 5.74) is 4.48. The molecule has 5 aromatic rings. The maximum Gasteiger partial charge on any atom is 0.181 e. The van der Waals surface area contributed by atoms with Gasteiger partial charge in [0.15, 0.2) is 11.5 Å². The number of H-pyrrole nitrogens is 1. The van der Waals surface area contributed by atoms with Crippen LogP contribution in [0.1, 0.15) is 5.69 Å². The van der Waals surface area contributed by atoms with Crippen molar-refractivity contribution in [2.45, 2.75) is 6.92 Å². The highest BCUT2D eigenvalue weighted by molar-refractivity contribution is 7.13. The highest BCUT2D eigenvalue weighted by Gasteiger charge is 2.18. The van der Waals surface area contributed by atoms with Gasteiger partial charge in [-0.15, -0.1) is 0 Å². The van der Waals surface area contributed by atoms with Crippen molar-refractivity contribution in [3.8, 4) is 22.9 Å². The third kappa shape index (κ3) is 2.26. The van der Waals surface area contributed by atoms with E-state index in [-0.39, 0.29) is 0 Å². The van der Waals surface area contributed by atoms with Gasteiger partial charge in [0.25, 0.3) is 0 Å². The van der Waals surface area contributed by atoms with Crippen LogP contribution in [-0.2, 0) is 0 Å². The van der Waals surface area contributed by atoms with Gasteiger partial charge in [-0.1, -0.05) is 6.07 Å². The zero-order chi connectivity index (χ0) is 16.8. The molecule has 0 fully saturated rings. The lowest BCUT2D eigenvalue weighted by molar-refractivity contribution is 1.13. The second-order valence-corrected chi connectivity index (χ2v) is 6.37. The first-order chi connectivity index (χ1) is 12.3. The number of rotatable bonds is 2. The fourth-order valence-corrected chi connectivity index (χ4v) is 3.49. The molecule has 0 atom stereocenters. The highest BCUT2D eigenvalue weighted by Crippen LogP contribution is 2.33. The minimum atomic E-state index is 0.547. The van der Waals surface area contributed by atoms with Gasteiger partial charge in [0.2, 0.25) is 0 Å². The molecule has 1 N–H and O–H groups in total. The number of aryl methyl sites for hydroxylation is 1. The topological polar surface area (TPSA) is 93.1 Å². The van der Waals surface area contributed by atoms with E-state index >= 15 is 0 Å². The van der Waals surface area contributed by atoms with E-state index in [0.29, 0.717) is 22.7 Å². The Labute approximate surface area is 146 Å². The maximum absolute atomic E-state index is 4.74. The second kappa shape index (κ2) is 5.38. The molecule has 0 spiro atoms. The van der Waals surface area contributed by atoms with Crippen molar-refractivity contribution < 1.29 is 0 Å². The first kappa shape index (κ1) is 14.1. The molecule has 7 nitrogen and oxygen atoms in total. The number of hydrogen-bond donors (Lipinski definition) is 1. The van der Waals surface area contributed by atoms with E-state index < -0.39 is 0 Å². The Balaban J connectivity index is 1.82. The summed E-state index contributed by atoms with van der Waals surface area (Å²) in [6.07, 6.45) is 5.18. The second-order valence-electron chi connectivity index (χ2n) is 5.56. The minimum absolute atomic E-state index is 0.547. The van der Waals surface area contributed by atoms with Crippen LogP contribution >= 0.6 is 11.5 Å². The lowest BCUT2D eigenvalue weighted by Crippen LogP contribution is -1.97. The zero-order valence-electron chi connectivity index (χ0n) is 13.1. The van der Waals surface area contributed by atoms with Crippen LogP contribution in [0.3, 0.4) is 0 Å². The number of imidazole rings is 1. The van der Waals surface area contributed by atoms with Crippen LogP contribution in [0.25, 0.3) is 44.2 Å². The average Bonchev–Trinajstić information content (AvgIpc) is 3.27. The number of aromatic nitrogens is 7. The number of nitrogens with zero attached hydrogens (tertiary/aromatic N) is 6. The van der Waals surface area contributed by atoms with Crippen molar-refractivity contribution in [2.24, 2.45) is 0 Å². The summed E-state index contributed by atoms with van der Waals surface area (Å²) in [7, 11) is 0. The van der Waals surface area contributed by atoms with E-state index in [1.165, 1.54) is 11.5 Å². The van der Waals surface area contributed by atoms with E-state index in [9.17, 15) is 0 Å². The SMILES string of the molecule is Cc1cccc(-c2nc(-c3nsc4cnccc34)c3nc[nH]c3n2)n1. The van der Waals surface area contributed by atoms with Crippen LogP contribution in [0, 0.1) is 6.92 Å². The smallest absolute Gasteiger partial charge is 0.181 e. The van der Waals surface area contributed by atoms with Crippen molar-refractivity contribution in [2.75, 3.05) is 0 Å². The van der Waals surface area contributed by atoms with Crippen LogP contribution in [0.15, 0.2) is 43.0 Å². The maximum atomic E-state index is 4.74. The van der Waals surface area contributed by atoms with Crippen LogP contribution < -0.4 is 0 Å². The lowest BCUT2D eigenvalue weighted by atomic mass is 10.2. The fraction of sp³-hybridized carbons (Fsp3) is 0.0588. The first-order valence-corrected chi connectivity index (χ1v) is 8.42. The molecule has 0 saturated carbocycles. The van der Waals surface area contributed by atoms with Crippen LogP contribution in [-0.4, -0.2) is 34.3 Å². The molecule has 0 bridgehead atoms. The molecule has 120 valence electrons. The molecule has 0 aliphatic carbocycles. The normalized spacial score (nSPS) is 11.4. The summed E-state index contributed by atoms with van der Waals surface area (Å²) >= 11 is 1.40. The van der Waals surface area contributed by atoms with Gasteiger partial charge in [0.1, 0.15) is 22.6 Å². The summed E-state index contributed by atoms with van der Waals surface area (Å²) in [5, 5.41) is 1.01. The molecule has 0 unspecified atom stereocenters. The van der Waals surface area contributed by atoms with Crippen LogP contribution in [0.5, 0.6) is 0 Å². The van der Waals surface area contributed by atoms with Crippen LogP contribution in [0.2, 0.25) is 0 Å². The molecule has 5 aromatic heterocycles. The van der Waals surface area contributed by atoms with E-state index in [1.807, 2.05) is 37.4 Å². The van der Waals surface area contributed by atoms with Gasteiger partial charge in [-0.25, -0.2) is 19.9 Å². The molecule has 0 saturated heterocycles. The lowest BCUT2D eigenvalue weighted by Gasteiger charge is -2.04. The Hall–Kier alpha value is -3.26. The Morgan fingerprint density at radius 1 is 1.04 bits per heavy atom. The number of aromatic amines is 1. The number of fused-ring (bicyclic) bond motifs is 2. The van der Waals surface area contributed by atoms with E-state index in [2.05, 4.69) is 29.3 Å². The molecule has 25 heavy (non-hydrogen) atoms. The van der Waals surface area contributed by atoms with Gasteiger partial charge in [0, 0.05) is 23.5 Å². The number of nitrogens with one attached hydrogen (secondary N) is 1. The van der Waals surface area contributed by atoms with Crippen molar-refractivity contribution >= 4 is 32.8 Å². The van der Waals surface area contributed by atoms with Gasteiger partial charge in [-0.3, -0.25) is 4.98 Å². The highest BCUT2D eigenvalue weighted by atomic mass is 32.1.